The third kappa shape index (κ3) is 8.26. The molecule has 0 aliphatic heterocycles. The van der Waals surface area contributed by atoms with Crippen LogP contribution in [0.4, 0.5) is 0 Å². The monoisotopic (exact) mass is 419 g/mol. The molecule has 1 saturated carbocycles. The highest BCUT2D eigenvalue weighted by molar-refractivity contribution is 5.86. The van der Waals surface area contributed by atoms with Crippen molar-refractivity contribution in [1.82, 2.24) is 5.32 Å². The first-order chi connectivity index (χ1) is 14.3. The Labute approximate surface area is 187 Å². The predicted molar refractivity (Wildman–Crippen MR) is 133 cm³/mol. The molecule has 1 fully saturated rings. The Morgan fingerprint density at radius 3 is 2.30 bits per heavy atom. The molecule has 1 aliphatic carbocycles. The lowest BCUT2D eigenvalue weighted by atomic mass is 9.83. The Balaban J connectivity index is 3.05. The van der Waals surface area contributed by atoms with Crippen molar-refractivity contribution in [2.45, 2.75) is 123 Å². The minimum atomic E-state index is -0.199. The average Bonchev–Trinajstić information content (AvgIpc) is 2.78. The van der Waals surface area contributed by atoms with E-state index in [0.717, 1.165) is 37.3 Å². The predicted octanol–water partition coefficient (Wildman–Crippen LogP) is 5.75. The summed E-state index contributed by atoms with van der Waals surface area (Å²) in [6, 6.07) is 0.416. The average molecular weight is 420 g/mol. The molecule has 6 unspecified atom stereocenters. The van der Waals surface area contributed by atoms with Crippen molar-refractivity contribution >= 4 is 12.4 Å². The Morgan fingerprint density at radius 1 is 1.17 bits per heavy atom. The molecule has 0 bridgehead atoms. The van der Waals surface area contributed by atoms with Crippen LogP contribution in [0.2, 0.25) is 0 Å². The van der Waals surface area contributed by atoms with Gasteiger partial charge in [-0.25, -0.2) is 4.58 Å². The number of hydrogen-bond acceptors (Lipinski definition) is 3. The van der Waals surface area contributed by atoms with Gasteiger partial charge in [0.2, 0.25) is 0 Å². The second kappa shape index (κ2) is 14.1. The van der Waals surface area contributed by atoms with E-state index in [1.807, 2.05) is 0 Å². The van der Waals surface area contributed by atoms with Gasteiger partial charge >= 0.3 is 0 Å². The number of nitrogens with two attached hydrogens (primary N) is 1. The molecular weight excluding hydrogens is 368 g/mol. The number of nitrogens with one attached hydrogen (secondary N) is 2. The lowest BCUT2D eigenvalue weighted by Crippen LogP contribution is -2.59. The molecule has 4 nitrogen and oxygen atoms in total. The van der Waals surface area contributed by atoms with Gasteiger partial charge in [-0.05, 0) is 30.3 Å². The van der Waals surface area contributed by atoms with Crippen LogP contribution in [-0.4, -0.2) is 41.3 Å². The van der Waals surface area contributed by atoms with Crippen molar-refractivity contribution in [1.29, 1.82) is 5.41 Å². The Bertz CT molecular complexity index is 523. The maximum Gasteiger partial charge on any atom is 0.181 e. The first-order valence-corrected chi connectivity index (χ1v) is 12.6. The van der Waals surface area contributed by atoms with E-state index in [1.54, 1.807) is 0 Å². The summed E-state index contributed by atoms with van der Waals surface area (Å²) in [6.07, 6.45) is 13.6. The van der Waals surface area contributed by atoms with E-state index in [2.05, 4.69) is 63.9 Å². The van der Waals surface area contributed by atoms with Gasteiger partial charge in [0.1, 0.15) is 12.9 Å². The number of hydrogen-bond donors (Lipinski definition) is 3. The van der Waals surface area contributed by atoms with Crippen LogP contribution in [0.3, 0.4) is 0 Å². The first-order valence-electron chi connectivity index (χ1n) is 12.6. The van der Waals surface area contributed by atoms with Crippen LogP contribution in [0.1, 0.15) is 98.8 Å². The molecule has 0 spiro atoms. The fourth-order valence-electron chi connectivity index (χ4n) is 4.83. The number of nitrogens with zero attached hydrogens (tertiary/aromatic N) is 1. The highest BCUT2D eigenvalue weighted by Gasteiger charge is 2.36. The molecule has 0 amide bonds. The summed E-state index contributed by atoms with van der Waals surface area (Å²) >= 11 is 0. The van der Waals surface area contributed by atoms with Gasteiger partial charge in [0.15, 0.2) is 12.1 Å². The van der Waals surface area contributed by atoms with E-state index >= 15 is 0 Å². The fraction of sp³-hybridized carbons (Fsp3) is 0.846. The van der Waals surface area contributed by atoms with Crippen molar-refractivity contribution < 1.29 is 4.58 Å². The molecule has 6 atom stereocenters. The summed E-state index contributed by atoms with van der Waals surface area (Å²) in [5.41, 5.74) is 7.61. The molecular formula is C26H51N4+. The third-order valence-electron chi connectivity index (χ3n) is 7.52. The van der Waals surface area contributed by atoms with Gasteiger partial charge in [0.25, 0.3) is 0 Å². The second-order valence-corrected chi connectivity index (χ2v) is 9.81. The number of rotatable bonds is 15. The van der Waals surface area contributed by atoms with E-state index in [4.69, 9.17) is 11.1 Å². The van der Waals surface area contributed by atoms with Crippen LogP contribution >= 0.6 is 0 Å². The molecule has 0 heterocycles. The molecule has 30 heavy (non-hydrogen) atoms. The Morgan fingerprint density at radius 2 is 1.80 bits per heavy atom. The minimum absolute atomic E-state index is 0.0361. The molecule has 0 radical (unpaired) electrons. The van der Waals surface area contributed by atoms with Gasteiger partial charge in [-0.2, -0.15) is 0 Å². The third-order valence-corrected chi connectivity index (χ3v) is 7.52. The quantitative estimate of drug-likeness (QED) is 0.137. The van der Waals surface area contributed by atoms with Crippen molar-refractivity contribution in [2.24, 2.45) is 23.5 Å². The van der Waals surface area contributed by atoms with E-state index < -0.39 is 0 Å². The summed E-state index contributed by atoms with van der Waals surface area (Å²) < 4.78 is 2.24. The molecule has 4 heteroatoms. The van der Waals surface area contributed by atoms with Crippen molar-refractivity contribution in [3.63, 3.8) is 0 Å². The van der Waals surface area contributed by atoms with Gasteiger partial charge in [-0.1, -0.05) is 86.1 Å². The van der Waals surface area contributed by atoms with Gasteiger partial charge in [-0.15, -0.1) is 0 Å². The highest BCUT2D eigenvalue weighted by atomic mass is 15.2. The molecule has 174 valence electrons. The van der Waals surface area contributed by atoms with Crippen LogP contribution in [-0.2, 0) is 0 Å². The summed E-state index contributed by atoms with van der Waals surface area (Å²) in [5, 5.41) is 12.2. The standard InChI is InChI=1S/C26H51N4/c1-8-19(5)17-22(10-3)30(7)24(18-21-15-13-12-14-16-21)26(28)29-25(20(6)9-2)23(27)11-4/h10,19-22,24-27,29H,3,7-9,11-18,28H2,1-2,4-6H3/q+1. The van der Waals surface area contributed by atoms with Crippen LogP contribution in [0.15, 0.2) is 12.7 Å². The summed E-state index contributed by atoms with van der Waals surface area (Å²) in [5.74, 6) is 1.76. The Kier molecular flexibility index (Phi) is 12.7. The van der Waals surface area contributed by atoms with E-state index in [1.165, 1.54) is 38.5 Å². The maximum atomic E-state index is 8.50. The zero-order valence-corrected chi connectivity index (χ0v) is 20.6. The maximum absolute atomic E-state index is 8.50. The molecule has 1 aliphatic rings. The van der Waals surface area contributed by atoms with Crippen molar-refractivity contribution in [3.8, 4) is 0 Å². The smallest absolute Gasteiger partial charge is 0.181 e. The Hall–Kier alpha value is -1.00. The summed E-state index contributed by atoms with van der Waals surface area (Å²) in [7, 11) is 0. The van der Waals surface area contributed by atoms with E-state index in [9.17, 15) is 0 Å². The fourth-order valence-corrected chi connectivity index (χ4v) is 4.83. The zero-order chi connectivity index (χ0) is 22.7. The molecule has 0 aromatic carbocycles. The zero-order valence-electron chi connectivity index (χ0n) is 20.6. The molecule has 0 aromatic heterocycles. The van der Waals surface area contributed by atoms with Crippen molar-refractivity contribution in [3.05, 3.63) is 12.7 Å². The molecule has 0 aromatic rings. The van der Waals surface area contributed by atoms with Gasteiger partial charge < -0.3 is 11.1 Å². The van der Waals surface area contributed by atoms with Crippen LogP contribution < -0.4 is 11.1 Å². The molecule has 0 saturated heterocycles. The van der Waals surface area contributed by atoms with Gasteiger partial charge in [0, 0.05) is 24.6 Å². The van der Waals surface area contributed by atoms with E-state index in [-0.39, 0.29) is 24.3 Å². The van der Waals surface area contributed by atoms with E-state index in [0.29, 0.717) is 11.8 Å². The minimum Gasteiger partial charge on any atom is -0.310 e. The topological polar surface area (TPSA) is 64.9 Å². The van der Waals surface area contributed by atoms with Gasteiger partial charge in [0.05, 0.1) is 0 Å². The van der Waals surface area contributed by atoms with Crippen LogP contribution in [0.25, 0.3) is 0 Å². The van der Waals surface area contributed by atoms with Gasteiger partial charge in [-0.3, -0.25) is 5.32 Å². The second-order valence-electron chi connectivity index (χ2n) is 9.81. The highest BCUT2D eigenvalue weighted by Crippen LogP contribution is 2.29. The lowest BCUT2D eigenvalue weighted by molar-refractivity contribution is -0.591. The van der Waals surface area contributed by atoms with Crippen LogP contribution in [0, 0.1) is 23.2 Å². The summed E-state index contributed by atoms with van der Waals surface area (Å²) in [4.78, 5) is 0. The van der Waals surface area contributed by atoms with Crippen molar-refractivity contribution in [2.75, 3.05) is 0 Å². The lowest BCUT2D eigenvalue weighted by Gasteiger charge is -2.34. The first kappa shape index (κ1) is 27.0. The normalized spacial score (nSPS) is 21.3. The summed E-state index contributed by atoms with van der Waals surface area (Å²) in [6.45, 7) is 19.7. The largest absolute Gasteiger partial charge is 0.310 e. The van der Waals surface area contributed by atoms with Crippen LogP contribution in [0.5, 0.6) is 0 Å². The molecule has 4 N–H and O–H groups in total. The SMILES string of the molecule is C=CC(CC(C)CC)[N+](=C)C(CC1CCCCC1)C(N)NC(C(=N)CC)C(C)CC. The molecule has 1 rings (SSSR count).